The van der Waals surface area contributed by atoms with E-state index in [1.54, 1.807) is 18.2 Å². The Hall–Kier alpha value is -3.09. The van der Waals surface area contributed by atoms with Crippen molar-refractivity contribution in [3.63, 3.8) is 0 Å². The van der Waals surface area contributed by atoms with E-state index in [4.69, 9.17) is 28.1 Å². The second kappa shape index (κ2) is 7.80. The molecule has 0 spiro atoms. The van der Waals surface area contributed by atoms with E-state index in [1.165, 1.54) is 13.2 Å². The number of hydrogen-bond donors (Lipinski definition) is 4. The van der Waals surface area contributed by atoms with E-state index in [0.29, 0.717) is 27.7 Å². The third-order valence-corrected chi connectivity index (χ3v) is 5.59. The van der Waals surface area contributed by atoms with Gasteiger partial charge in [-0.05, 0) is 24.3 Å². The minimum atomic E-state index is -1.61. The lowest BCUT2D eigenvalue weighted by atomic mass is 9.99. The second-order valence-electron chi connectivity index (χ2n) is 7.43. The maximum atomic E-state index is 12.7. The summed E-state index contributed by atoms with van der Waals surface area (Å²) in [5.74, 6) is 1.03. The van der Waals surface area contributed by atoms with Crippen LogP contribution < -0.4 is 24.6 Å². The maximum Gasteiger partial charge on any atom is 0.344 e. The highest BCUT2D eigenvalue weighted by atomic mass is 16.7. The fraction of sp³-hybridized carbons (Fsp3) is 0.381. The molecule has 0 bridgehead atoms. The molecule has 0 amide bonds. The summed E-state index contributed by atoms with van der Waals surface area (Å²) < 4.78 is 32.7. The van der Waals surface area contributed by atoms with Crippen LogP contribution in [0.4, 0.5) is 0 Å². The summed E-state index contributed by atoms with van der Waals surface area (Å²) in [4.78, 5) is 12.7. The van der Waals surface area contributed by atoms with Crippen LogP contribution in [0.1, 0.15) is 0 Å². The van der Waals surface area contributed by atoms with E-state index < -0.39 is 42.9 Å². The predicted octanol–water partition coefficient (Wildman–Crippen LogP) is -0.138. The first-order chi connectivity index (χ1) is 15.4. The van der Waals surface area contributed by atoms with Crippen molar-refractivity contribution in [2.24, 2.45) is 0 Å². The molecule has 3 heterocycles. The van der Waals surface area contributed by atoms with Gasteiger partial charge in [0.25, 0.3) is 0 Å². The lowest BCUT2D eigenvalue weighted by Crippen LogP contribution is -2.60. The van der Waals surface area contributed by atoms with Gasteiger partial charge in [-0.15, -0.1) is 0 Å². The Labute approximate surface area is 179 Å². The highest BCUT2D eigenvalue weighted by molar-refractivity contribution is 6.07. The first-order valence-electron chi connectivity index (χ1n) is 9.77. The zero-order valence-electron chi connectivity index (χ0n) is 16.8. The summed E-state index contributed by atoms with van der Waals surface area (Å²) in [6, 6.07) is 6.37. The Morgan fingerprint density at radius 3 is 2.41 bits per heavy atom. The van der Waals surface area contributed by atoms with E-state index in [2.05, 4.69) is 0 Å². The van der Waals surface area contributed by atoms with Gasteiger partial charge in [-0.25, -0.2) is 4.79 Å². The minimum absolute atomic E-state index is 0.0487. The highest BCUT2D eigenvalue weighted by Crippen LogP contribution is 2.42. The summed E-state index contributed by atoms with van der Waals surface area (Å²) in [5.41, 5.74) is -0.542. The van der Waals surface area contributed by atoms with Crippen molar-refractivity contribution in [1.82, 2.24) is 0 Å². The first-order valence-corrected chi connectivity index (χ1v) is 9.77. The van der Waals surface area contributed by atoms with Gasteiger partial charge in [-0.2, -0.15) is 0 Å². The largest absolute Gasteiger partial charge is 0.490 e. The van der Waals surface area contributed by atoms with Crippen LogP contribution in [0.25, 0.3) is 21.7 Å². The molecule has 32 heavy (non-hydrogen) atoms. The van der Waals surface area contributed by atoms with Gasteiger partial charge in [0.2, 0.25) is 18.8 Å². The molecule has 11 nitrogen and oxygen atoms in total. The van der Waals surface area contributed by atoms with Crippen molar-refractivity contribution in [3.8, 4) is 23.0 Å². The summed E-state index contributed by atoms with van der Waals surface area (Å²) in [6.45, 7) is -0.550. The Morgan fingerprint density at radius 2 is 1.72 bits per heavy atom. The molecule has 11 heteroatoms. The van der Waals surface area contributed by atoms with Crippen molar-refractivity contribution in [3.05, 3.63) is 34.7 Å². The van der Waals surface area contributed by atoms with Crippen molar-refractivity contribution < 1.29 is 48.5 Å². The summed E-state index contributed by atoms with van der Waals surface area (Å²) in [7, 11) is 1.35. The number of rotatable bonds is 4. The molecule has 1 saturated heterocycles. The number of ether oxygens (including phenoxy) is 5. The Bertz CT molecular complexity index is 1230. The highest BCUT2D eigenvalue weighted by Gasteiger charge is 2.45. The molecule has 5 atom stereocenters. The molecule has 170 valence electrons. The van der Waals surface area contributed by atoms with Crippen LogP contribution in [0.5, 0.6) is 23.0 Å². The molecule has 2 aliphatic rings. The minimum Gasteiger partial charge on any atom is -0.490 e. The van der Waals surface area contributed by atoms with Crippen LogP contribution >= 0.6 is 0 Å². The van der Waals surface area contributed by atoms with Crippen LogP contribution in [0.15, 0.2) is 33.5 Å². The van der Waals surface area contributed by atoms with Gasteiger partial charge in [-0.3, -0.25) is 0 Å². The van der Waals surface area contributed by atoms with Gasteiger partial charge in [0, 0.05) is 10.8 Å². The molecule has 0 saturated carbocycles. The number of fused-ring (bicyclic) bond motifs is 4. The normalized spacial score (nSPS) is 27.1. The Kier molecular flexibility index (Phi) is 5.07. The molecule has 4 N–H and O–H groups in total. The third-order valence-electron chi connectivity index (χ3n) is 5.59. The summed E-state index contributed by atoms with van der Waals surface area (Å²) in [5, 5.41) is 40.9. The molecule has 0 radical (unpaired) electrons. The van der Waals surface area contributed by atoms with Crippen LogP contribution in [0.2, 0.25) is 0 Å². The first kappa shape index (κ1) is 20.8. The molecule has 2 aromatic carbocycles. The van der Waals surface area contributed by atoms with E-state index in [9.17, 15) is 25.2 Å². The molecule has 0 aliphatic carbocycles. The third kappa shape index (κ3) is 3.14. The molecule has 5 rings (SSSR count). The van der Waals surface area contributed by atoms with Crippen molar-refractivity contribution >= 4 is 21.7 Å². The molecule has 1 aromatic heterocycles. The summed E-state index contributed by atoms with van der Waals surface area (Å²) in [6.07, 6.45) is -7.32. The van der Waals surface area contributed by atoms with Crippen LogP contribution in [-0.2, 0) is 4.74 Å². The standard InChI is InChI=1S/C21H20O11/c1-27-19-11(30-21-17(25)16(24)15(23)14(6-22)31-21)3-2-8-9-4-12-13(29-7-28-12)5-10(9)20(26)32-18(8)19/h2-5,14-17,21-25H,6-7H2,1H3/t14-,15-,16+,17-,21-/m1/s1. The Balaban J connectivity index is 1.60. The van der Waals surface area contributed by atoms with Crippen molar-refractivity contribution in [2.45, 2.75) is 30.7 Å². The van der Waals surface area contributed by atoms with Crippen LogP contribution in [-0.4, -0.2) is 71.6 Å². The number of aliphatic hydroxyl groups is 4. The number of hydrogen-bond acceptors (Lipinski definition) is 11. The molecular formula is C21H20O11. The lowest BCUT2D eigenvalue weighted by molar-refractivity contribution is -0.277. The smallest absolute Gasteiger partial charge is 0.344 e. The number of aliphatic hydroxyl groups excluding tert-OH is 4. The predicted molar refractivity (Wildman–Crippen MR) is 107 cm³/mol. The molecule has 0 unspecified atom stereocenters. The average Bonchev–Trinajstić information content (AvgIpc) is 3.26. The van der Waals surface area contributed by atoms with Gasteiger partial charge in [0.1, 0.15) is 24.4 Å². The van der Waals surface area contributed by atoms with E-state index >= 15 is 0 Å². The monoisotopic (exact) mass is 448 g/mol. The van der Waals surface area contributed by atoms with E-state index in [-0.39, 0.29) is 23.9 Å². The zero-order valence-corrected chi connectivity index (χ0v) is 16.8. The lowest BCUT2D eigenvalue weighted by Gasteiger charge is -2.39. The number of methoxy groups -OCH3 is 1. The van der Waals surface area contributed by atoms with Gasteiger partial charge in [-0.1, -0.05) is 0 Å². The van der Waals surface area contributed by atoms with E-state index in [1.807, 2.05) is 0 Å². The van der Waals surface area contributed by atoms with Gasteiger partial charge in [0.15, 0.2) is 22.8 Å². The molecule has 3 aromatic rings. The van der Waals surface area contributed by atoms with Crippen molar-refractivity contribution in [2.75, 3.05) is 20.5 Å². The van der Waals surface area contributed by atoms with Crippen LogP contribution in [0.3, 0.4) is 0 Å². The van der Waals surface area contributed by atoms with Crippen molar-refractivity contribution in [1.29, 1.82) is 0 Å². The van der Waals surface area contributed by atoms with E-state index in [0.717, 1.165) is 0 Å². The fourth-order valence-corrected chi connectivity index (χ4v) is 3.92. The summed E-state index contributed by atoms with van der Waals surface area (Å²) >= 11 is 0. The quantitative estimate of drug-likeness (QED) is 0.311. The topological polar surface area (TPSA) is 157 Å². The molecule has 2 aliphatic heterocycles. The van der Waals surface area contributed by atoms with Gasteiger partial charge < -0.3 is 48.5 Å². The maximum absolute atomic E-state index is 12.7. The second-order valence-corrected chi connectivity index (χ2v) is 7.43. The molecule has 1 fully saturated rings. The van der Waals surface area contributed by atoms with Gasteiger partial charge >= 0.3 is 5.63 Å². The average molecular weight is 448 g/mol. The Morgan fingerprint density at radius 1 is 1.00 bits per heavy atom. The fourth-order valence-electron chi connectivity index (χ4n) is 3.92. The zero-order chi connectivity index (χ0) is 22.6. The van der Waals surface area contributed by atoms with Crippen LogP contribution in [0, 0.1) is 0 Å². The number of benzene rings is 2. The SMILES string of the molecule is COc1c(O[C@@H]2O[C@H](CO)[C@@H](O)[C@H](O)[C@H]2O)ccc2c1oc(=O)c1cc3c(cc12)OCO3. The molecular weight excluding hydrogens is 428 g/mol. The van der Waals surface area contributed by atoms with Gasteiger partial charge in [0.05, 0.1) is 19.1 Å².